The highest BCUT2D eigenvalue weighted by Crippen LogP contribution is 2.33. The fraction of sp³-hybridized carbons (Fsp3) is 0.214. The van der Waals surface area contributed by atoms with E-state index in [0.29, 0.717) is 5.02 Å². The SMILES string of the molecule is CC(c1ccccn1)C(N)c1cc(Cl)ccc1Br. The molecule has 0 radical (unpaired) electrons. The Balaban J connectivity index is 2.31. The van der Waals surface area contributed by atoms with E-state index < -0.39 is 0 Å². The smallest absolute Gasteiger partial charge is 0.0450 e. The summed E-state index contributed by atoms with van der Waals surface area (Å²) in [6.45, 7) is 2.07. The molecule has 1 heterocycles. The van der Waals surface area contributed by atoms with Gasteiger partial charge in [0, 0.05) is 33.3 Å². The Morgan fingerprint density at radius 2 is 2.06 bits per heavy atom. The zero-order valence-electron chi connectivity index (χ0n) is 9.98. The van der Waals surface area contributed by atoms with Crippen molar-refractivity contribution in [3.63, 3.8) is 0 Å². The Labute approximate surface area is 120 Å². The highest BCUT2D eigenvalue weighted by atomic mass is 79.9. The molecule has 1 aromatic carbocycles. The lowest BCUT2D eigenvalue weighted by atomic mass is 9.92. The summed E-state index contributed by atoms with van der Waals surface area (Å²) >= 11 is 9.53. The molecule has 0 aliphatic rings. The molecule has 0 spiro atoms. The number of aromatic nitrogens is 1. The van der Waals surface area contributed by atoms with Crippen LogP contribution < -0.4 is 5.73 Å². The summed E-state index contributed by atoms with van der Waals surface area (Å²) < 4.78 is 0.974. The number of rotatable bonds is 3. The van der Waals surface area contributed by atoms with Gasteiger partial charge in [-0.15, -0.1) is 0 Å². The first-order chi connectivity index (χ1) is 8.59. The molecule has 18 heavy (non-hydrogen) atoms. The minimum absolute atomic E-state index is 0.126. The van der Waals surface area contributed by atoms with Crippen LogP contribution in [0.25, 0.3) is 0 Å². The summed E-state index contributed by atoms with van der Waals surface area (Å²) in [6.07, 6.45) is 1.78. The molecule has 2 unspecified atom stereocenters. The van der Waals surface area contributed by atoms with Gasteiger partial charge >= 0.3 is 0 Å². The lowest BCUT2D eigenvalue weighted by Gasteiger charge is -2.21. The van der Waals surface area contributed by atoms with Crippen molar-refractivity contribution in [2.45, 2.75) is 18.9 Å². The summed E-state index contributed by atoms with van der Waals surface area (Å²) in [4.78, 5) is 4.35. The first-order valence-corrected chi connectivity index (χ1v) is 6.88. The largest absolute Gasteiger partial charge is 0.323 e. The molecule has 2 nitrogen and oxygen atoms in total. The predicted molar refractivity (Wildman–Crippen MR) is 78.7 cm³/mol. The normalized spacial score (nSPS) is 14.2. The zero-order valence-corrected chi connectivity index (χ0v) is 12.3. The molecule has 0 amide bonds. The van der Waals surface area contributed by atoms with Gasteiger partial charge in [0.15, 0.2) is 0 Å². The minimum Gasteiger partial charge on any atom is -0.323 e. The molecule has 2 N–H and O–H groups in total. The van der Waals surface area contributed by atoms with Gasteiger partial charge in [0.1, 0.15) is 0 Å². The van der Waals surface area contributed by atoms with Crippen molar-refractivity contribution in [3.05, 3.63) is 63.3 Å². The molecule has 0 aliphatic carbocycles. The highest BCUT2D eigenvalue weighted by Gasteiger charge is 2.20. The van der Waals surface area contributed by atoms with E-state index in [1.807, 2.05) is 36.4 Å². The maximum absolute atomic E-state index is 6.31. The van der Waals surface area contributed by atoms with E-state index in [-0.39, 0.29) is 12.0 Å². The first kappa shape index (κ1) is 13.5. The topological polar surface area (TPSA) is 38.9 Å². The Morgan fingerprint density at radius 3 is 2.72 bits per heavy atom. The van der Waals surface area contributed by atoms with Gasteiger partial charge in [0.2, 0.25) is 0 Å². The van der Waals surface area contributed by atoms with E-state index >= 15 is 0 Å². The summed E-state index contributed by atoms with van der Waals surface area (Å²) in [5, 5.41) is 0.692. The molecule has 4 heteroatoms. The number of hydrogen-bond acceptors (Lipinski definition) is 2. The number of halogens is 2. The fourth-order valence-electron chi connectivity index (χ4n) is 1.87. The highest BCUT2D eigenvalue weighted by molar-refractivity contribution is 9.10. The van der Waals surface area contributed by atoms with Crippen molar-refractivity contribution >= 4 is 27.5 Å². The van der Waals surface area contributed by atoms with Crippen molar-refractivity contribution in [1.29, 1.82) is 0 Å². The Hall–Kier alpha value is -0.900. The quantitative estimate of drug-likeness (QED) is 0.913. The molecule has 2 rings (SSSR count). The number of pyridine rings is 1. The molecule has 0 saturated heterocycles. The van der Waals surface area contributed by atoms with Crippen LogP contribution in [0.1, 0.15) is 30.1 Å². The second-order valence-electron chi connectivity index (χ2n) is 4.23. The van der Waals surface area contributed by atoms with Gasteiger partial charge in [-0.2, -0.15) is 0 Å². The second-order valence-corrected chi connectivity index (χ2v) is 5.53. The van der Waals surface area contributed by atoms with Crippen LogP contribution in [-0.2, 0) is 0 Å². The van der Waals surface area contributed by atoms with Crippen molar-refractivity contribution in [2.75, 3.05) is 0 Å². The lowest BCUT2D eigenvalue weighted by molar-refractivity contribution is 0.582. The van der Waals surface area contributed by atoms with Crippen molar-refractivity contribution < 1.29 is 0 Å². The predicted octanol–water partition coefficient (Wildman–Crippen LogP) is 4.30. The first-order valence-electron chi connectivity index (χ1n) is 5.71. The average Bonchev–Trinajstić information content (AvgIpc) is 2.41. The molecule has 0 aliphatic heterocycles. The molecule has 0 fully saturated rings. The number of benzene rings is 1. The van der Waals surface area contributed by atoms with Crippen molar-refractivity contribution in [1.82, 2.24) is 4.98 Å². The van der Waals surface area contributed by atoms with Gasteiger partial charge in [-0.3, -0.25) is 4.98 Å². The van der Waals surface area contributed by atoms with E-state index in [2.05, 4.69) is 27.8 Å². The van der Waals surface area contributed by atoms with E-state index in [4.69, 9.17) is 17.3 Å². The molecule has 2 aromatic rings. The van der Waals surface area contributed by atoms with Crippen LogP contribution in [0.4, 0.5) is 0 Å². The van der Waals surface area contributed by atoms with Crippen molar-refractivity contribution in [2.24, 2.45) is 5.73 Å². The summed E-state index contributed by atoms with van der Waals surface area (Å²) in [5.41, 5.74) is 8.30. The third-order valence-corrected chi connectivity index (χ3v) is 3.97. The molecule has 1 aromatic heterocycles. The Kier molecular flexibility index (Phi) is 4.38. The zero-order chi connectivity index (χ0) is 13.1. The molecular formula is C14H14BrClN2. The number of nitrogens with two attached hydrogens (primary N) is 1. The molecular weight excluding hydrogens is 312 g/mol. The van der Waals surface area contributed by atoms with Gasteiger partial charge in [-0.1, -0.05) is 40.5 Å². The molecule has 94 valence electrons. The summed E-state index contributed by atoms with van der Waals surface area (Å²) in [6, 6.07) is 11.4. The standard InChI is InChI=1S/C14H14BrClN2/c1-9(13-4-2-3-7-18-13)14(17)11-8-10(16)5-6-12(11)15/h2-9,14H,17H2,1H3. The van der Waals surface area contributed by atoms with Crippen LogP contribution in [0.15, 0.2) is 47.1 Å². The molecule has 2 atom stereocenters. The Bertz CT molecular complexity index is 531. The van der Waals surface area contributed by atoms with Gasteiger partial charge < -0.3 is 5.73 Å². The van der Waals surface area contributed by atoms with Crippen LogP contribution in [0.5, 0.6) is 0 Å². The van der Waals surface area contributed by atoms with E-state index in [0.717, 1.165) is 15.7 Å². The lowest BCUT2D eigenvalue weighted by Crippen LogP contribution is -2.19. The Morgan fingerprint density at radius 1 is 1.28 bits per heavy atom. The van der Waals surface area contributed by atoms with Gasteiger partial charge in [-0.05, 0) is 35.9 Å². The molecule has 0 bridgehead atoms. The van der Waals surface area contributed by atoms with Gasteiger partial charge in [0.05, 0.1) is 0 Å². The minimum atomic E-state index is -0.145. The number of nitrogens with zero attached hydrogens (tertiary/aromatic N) is 1. The van der Waals surface area contributed by atoms with Crippen LogP contribution in [0.2, 0.25) is 5.02 Å². The van der Waals surface area contributed by atoms with Crippen LogP contribution in [0.3, 0.4) is 0 Å². The van der Waals surface area contributed by atoms with Crippen molar-refractivity contribution in [3.8, 4) is 0 Å². The third kappa shape index (κ3) is 2.91. The van der Waals surface area contributed by atoms with Crippen LogP contribution >= 0.6 is 27.5 Å². The molecule has 0 saturated carbocycles. The van der Waals surface area contributed by atoms with Gasteiger partial charge in [0.25, 0.3) is 0 Å². The monoisotopic (exact) mass is 324 g/mol. The summed E-state index contributed by atoms with van der Waals surface area (Å²) in [7, 11) is 0. The third-order valence-electron chi connectivity index (χ3n) is 3.01. The van der Waals surface area contributed by atoms with E-state index in [1.54, 1.807) is 6.20 Å². The number of hydrogen-bond donors (Lipinski definition) is 1. The maximum Gasteiger partial charge on any atom is 0.0450 e. The second kappa shape index (κ2) is 5.83. The maximum atomic E-state index is 6.31. The van der Waals surface area contributed by atoms with Gasteiger partial charge in [-0.25, -0.2) is 0 Å². The van der Waals surface area contributed by atoms with E-state index in [1.165, 1.54) is 0 Å². The average molecular weight is 326 g/mol. The van der Waals surface area contributed by atoms with Crippen LogP contribution in [-0.4, -0.2) is 4.98 Å². The fourth-order valence-corrected chi connectivity index (χ4v) is 2.56. The summed E-state index contributed by atoms with van der Waals surface area (Å²) in [5.74, 6) is 0.126. The van der Waals surface area contributed by atoms with E-state index in [9.17, 15) is 0 Å². The van der Waals surface area contributed by atoms with Crippen LogP contribution in [0, 0.1) is 0 Å².